The van der Waals surface area contributed by atoms with Gasteiger partial charge in [0.2, 0.25) is 0 Å². The fraction of sp³-hybridized carbons (Fsp3) is 0.111. The van der Waals surface area contributed by atoms with Crippen LogP contribution in [0.5, 0.6) is 0 Å². The molecule has 0 fully saturated rings. The maximum atomic E-state index is 2.30. The third-order valence-corrected chi connectivity index (χ3v) is 5.04. The summed E-state index contributed by atoms with van der Waals surface area (Å²) in [6.45, 7) is 4.46. The molecule has 0 saturated heterocycles. The third kappa shape index (κ3) is 3.84. The fourth-order valence-electron chi connectivity index (χ4n) is 3.49. The summed E-state index contributed by atoms with van der Waals surface area (Å²) < 4.78 is 0. The zero-order valence-electron chi connectivity index (χ0n) is 16.4. The van der Waals surface area contributed by atoms with Crippen LogP contribution < -0.4 is 4.90 Å². The second kappa shape index (κ2) is 8.14. The van der Waals surface area contributed by atoms with E-state index in [1.165, 1.54) is 16.7 Å². The van der Waals surface area contributed by atoms with Crippen molar-refractivity contribution in [1.29, 1.82) is 0 Å². The molecule has 1 heteroatoms. The van der Waals surface area contributed by atoms with Crippen molar-refractivity contribution in [2.24, 2.45) is 0 Å². The van der Waals surface area contributed by atoms with Gasteiger partial charge in [0.05, 0.1) is 0 Å². The highest BCUT2D eigenvalue weighted by molar-refractivity contribution is 5.79. The SMILES string of the molecule is CC(C)c1ccc(-c2cccc(N(c3ccccc3)c3ccccc3)c2)cc1. The number of rotatable bonds is 5. The second-order valence-electron chi connectivity index (χ2n) is 7.33. The molecule has 0 spiro atoms. The first-order valence-electron chi connectivity index (χ1n) is 9.83. The molecule has 138 valence electrons. The van der Waals surface area contributed by atoms with Crippen LogP contribution in [-0.2, 0) is 0 Å². The van der Waals surface area contributed by atoms with Gasteiger partial charge in [-0.05, 0) is 59.0 Å². The largest absolute Gasteiger partial charge is 0.310 e. The molecule has 1 nitrogen and oxygen atoms in total. The molecule has 0 aliphatic carbocycles. The molecule has 28 heavy (non-hydrogen) atoms. The smallest absolute Gasteiger partial charge is 0.0467 e. The molecule has 0 heterocycles. The van der Waals surface area contributed by atoms with E-state index in [1.54, 1.807) is 0 Å². The predicted molar refractivity (Wildman–Crippen MR) is 121 cm³/mol. The molecule has 0 aliphatic heterocycles. The molecule has 4 rings (SSSR count). The Bertz CT molecular complexity index is 979. The minimum Gasteiger partial charge on any atom is -0.310 e. The van der Waals surface area contributed by atoms with Crippen LogP contribution >= 0.6 is 0 Å². The zero-order valence-corrected chi connectivity index (χ0v) is 16.4. The highest BCUT2D eigenvalue weighted by atomic mass is 15.1. The van der Waals surface area contributed by atoms with Crippen molar-refractivity contribution in [1.82, 2.24) is 0 Å². The molecule has 0 atom stereocenters. The van der Waals surface area contributed by atoms with Gasteiger partial charge in [0.25, 0.3) is 0 Å². The zero-order chi connectivity index (χ0) is 19.3. The van der Waals surface area contributed by atoms with Gasteiger partial charge in [0.15, 0.2) is 0 Å². The Hall–Kier alpha value is -3.32. The Labute approximate surface area is 167 Å². The van der Waals surface area contributed by atoms with E-state index in [-0.39, 0.29) is 0 Å². The molecule has 0 amide bonds. The van der Waals surface area contributed by atoms with Crippen LogP contribution in [0.2, 0.25) is 0 Å². The van der Waals surface area contributed by atoms with Gasteiger partial charge in [-0.15, -0.1) is 0 Å². The van der Waals surface area contributed by atoms with E-state index in [0.717, 1.165) is 17.1 Å². The summed E-state index contributed by atoms with van der Waals surface area (Å²) >= 11 is 0. The summed E-state index contributed by atoms with van der Waals surface area (Å²) in [5.41, 5.74) is 7.30. The molecular formula is C27H25N. The van der Waals surface area contributed by atoms with Gasteiger partial charge in [0, 0.05) is 17.1 Å². The number of anilines is 3. The minimum absolute atomic E-state index is 0.548. The van der Waals surface area contributed by atoms with Crippen molar-refractivity contribution in [2.75, 3.05) is 4.90 Å². The third-order valence-electron chi connectivity index (χ3n) is 5.04. The highest BCUT2D eigenvalue weighted by Gasteiger charge is 2.12. The summed E-state index contributed by atoms with van der Waals surface area (Å²) in [6, 6.07) is 38.7. The normalized spacial score (nSPS) is 10.8. The van der Waals surface area contributed by atoms with Crippen molar-refractivity contribution in [3.63, 3.8) is 0 Å². The van der Waals surface area contributed by atoms with E-state index in [9.17, 15) is 0 Å². The van der Waals surface area contributed by atoms with Crippen molar-refractivity contribution in [3.8, 4) is 11.1 Å². The van der Waals surface area contributed by atoms with Crippen LogP contribution in [0.1, 0.15) is 25.3 Å². The lowest BCUT2D eigenvalue weighted by Gasteiger charge is -2.26. The van der Waals surface area contributed by atoms with Crippen LogP contribution in [-0.4, -0.2) is 0 Å². The molecule has 0 aliphatic rings. The topological polar surface area (TPSA) is 3.24 Å². The highest BCUT2D eigenvalue weighted by Crippen LogP contribution is 2.36. The number of hydrogen-bond donors (Lipinski definition) is 0. The van der Waals surface area contributed by atoms with E-state index in [2.05, 4.69) is 128 Å². The Morgan fingerprint density at radius 1 is 0.500 bits per heavy atom. The molecule has 0 radical (unpaired) electrons. The monoisotopic (exact) mass is 363 g/mol. The predicted octanol–water partition coefficient (Wildman–Crippen LogP) is 7.95. The second-order valence-corrected chi connectivity index (χ2v) is 7.33. The minimum atomic E-state index is 0.548. The number of benzene rings is 4. The number of nitrogens with zero attached hydrogens (tertiary/aromatic N) is 1. The Morgan fingerprint density at radius 3 is 1.57 bits per heavy atom. The quantitative estimate of drug-likeness (QED) is 0.348. The first kappa shape index (κ1) is 18.1. The maximum Gasteiger partial charge on any atom is 0.0467 e. The summed E-state index contributed by atoms with van der Waals surface area (Å²) in [6.07, 6.45) is 0. The van der Waals surface area contributed by atoms with Gasteiger partial charge in [-0.2, -0.15) is 0 Å². The summed E-state index contributed by atoms with van der Waals surface area (Å²) in [4.78, 5) is 2.30. The van der Waals surface area contributed by atoms with Crippen LogP contribution in [0.15, 0.2) is 109 Å². The summed E-state index contributed by atoms with van der Waals surface area (Å²) in [7, 11) is 0. The van der Waals surface area contributed by atoms with Crippen LogP contribution in [0, 0.1) is 0 Å². The lowest BCUT2D eigenvalue weighted by Crippen LogP contribution is -2.09. The Morgan fingerprint density at radius 2 is 1.04 bits per heavy atom. The fourth-order valence-corrected chi connectivity index (χ4v) is 3.49. The van der Waals surface area contributed by atoms with Gasteiger partial charge in [-0.1, -0.05) is 86.6 Å². The molecular weight excluding hydrogens is 338 g/mol. The van der Waals surface area contributed by atoms with Gasteiger partial charge >= 0.3 is 0 Å². The Kier molecular flexibility index (Phi) is 5.25. The number of para-hydroxylation sites is 2. The van der Waals surface area contributed by atoms with Gasteiger partial charge in [-0.3, -0.25) is 0 Å². The van der Waals surface area contributed by atoms with E-state index < -0.39 is 0 Å². The van der Waals surface area contributed by atoms with Gasteiger partial charge in [-0.25, -0.2) is 0 Å². The molecule has 4 aromatic carbocycles. The lowest BCUT2D eigenvalue weighted by molar-refractivity contribution is 0.867. The van der Waals surface area contributed by atoms with Crippen LogP contribution in [0.3, 0.4) is 0 Å². The van der Waals surface area contributed by atoms with E-state index in [0.29, 0.717) is 5.92 Å². The summed E-state index contributed by atoms with van der Waals surface area (Å²) in [5, 5.41) is 0. The van der Waals surface area contributed by atoms with Crippen LogP contribution in [0.4, 0.5) is 17.1 Å². The average Bonchev–Trinajstić information content (AvgIpc) is 2.76. The molecule has 0 bridgehead atoms. The Balaban J connectivity index is 1.77. The first-order chi connectivity index (χ1) is 13.7. The standard InChI is InChI=1S/C27H25N/c1-21(2)22-16-18-23(19-17-22)24-10-9-15-27(20-24)28(25-11-5-3-6-12-25)26-13-7-4-8-14-26/h3-21H,1-2H3. The van der Waals surface area contributed by atoms with Crippen molar-refractivity contribution < 1.29 is 0 Å². The van der Waals surface area contributed by atoms with E-state index in [4.69, 9.17) is 0 Å². The summed E-state index contributed by atoms with van der Waals surface area (Å²) in [5.74, 6) is 0.548. The number of hydrogen-bond acceptors (Lipinski definition) is 1. The average molecular weight is 364 g/mol. The van der Waals surface area contributed by atoms with Gasteiger partial charge in [0.1, 0.15) is 0 Å². The van der Waals surface area contributed by atoms with E-state index >= 15 is 0 Å². The maximum absolute atomic E-state index is 2.30. The van der Waals surface area contributed by atoms with Crippen LogP contribution in [0.25, 0.3) is 11.1 Å². The molecule has 0 saturated carbocycles. The van der Waals surface area contributed by atoms with Crippen molar-refractivity contribution in [2.45, 2.75) is 19.8 Å². The molecule has 0 aromatic heterocycles. The molecule has 4 aromatic rings. The lowest BCUT2D eigenvalue weighted by atomic mass is 9.98. The van der Waals surface area contributed by atoms with Gasteiger partial charge < -0.3 is 4.90 Å². The van der Waals surface area contributed by atoms with E-state index in [1.807, 2.05) is 0 Å². The first-order valence-corrected chi connectivity index (χ1v) is 9.83. The van der Waals surface area contributed by atoms with Crippen molar-refractivity contribution >= 4 is 17.1 Å². The molecule has 0 N–H and O–H groups in total. The molecule has 0 unspecified atom stereocenters. The van der Waals surface area contributed by atoms with Crippen molar-refractivity contribution in [3.05, 3.63) is 115 Å².